The topological polar surface area (TPSA) is 42.7 Å². The van der Waals surface area contributed by atoms with Gasteiger partial charge in [0.25, 0.3) is 0 Å². The molecule has 0 amide bonds. The lowest BCUT2D eigenvalue weighted by Gasteiger charge is -2.31. The predicted octanol–water partition coefficient (Wildman–Crippen LogP) is 6.17. The number of ether oxygens (including phenoxy) is 1. The zero-order valence-corrected chi connectivity index (χ0v) is 18.7. The Morgan fingerprint density at radius 3 is 2.44 bits per heavy atom. The average Bonchev–Trinajstić information content (AvgIpc) is 2.82. The summed E-state index contributed by atoms with van der Waals surface area (Å²) in [5.74, 6) is 1.28. The van der Waals surface area contributed by atoms with Crippen LogP contribution in [0, 0.1) is 6.92 Å². The van der Waals surface area contributed by atoms with E-state index < -0.39 is 0 Å². The van der Waals surface area contributed by atoms with Crippen LogP contribution >= 0.6 is 0 Å². The average molecular weight is 426 g/mol. The van der Waals surface area contributed by atoms with Gasteiger partial charge in [0.15, 0.2) is 6.73 Å². The van der Waals surface area contributed by atoms with Gasteiger partial charge in [-0.3, -0.25) is 0 Å². The summed E-state index contributed by atoms with van der Waals surface area (Å²) in [6.07, 6.45) is 0.562. The molecule has 4 nitrogen and oxygen atoms in total. The number of hydrogen-bond donors (Lipinski definition) is 0. The van der Waals surface area contributed by atoms with Gasteiger partial charge in [-0.25, -0.2) is 4.79 Å². The number of aryl methyl sites for hydroxylation is 1. The molecule has 2 heterocycles. The highest BCUT2D eigenvalue weighted by Crippen LogP contribution is 2.35. The fourth-order valence-electron chi connectivity index (χ4n) is 4.40. The molecule has 4 heteroatoms. The molecule has 162 valence electrons. The number of nitrogens with zero attached hydrogens (tertiary/aromatic N) is 1. The van der Waals surface area contributed by atoms with E-state index in [1.54, 1.807) is 0 Å². The summed E-state index contributed by atoms with van der Waals surface area (Å²) in [4.78, 5) is 15.1. The number of hydrogen-bond acceptors (Lipinski definition) is 4. The van der Waals surface area contributed by atoms with Crippen molar-refractivity contribution in [2.45, 2.75) is 39.7 Å². The van der Waals surface area contributed by atoms with Crippen molar-refractivity contribution in [3.63, 3.8) is 0 Å². The van der Waals surface area contributed by atoms with Crippen molar-refractivity contribution in [3.05, 3.63) is 105 Å². The maximum absolute atomic E-state index is 13.0. The number of rotatable bonds is 4. The van der Waals surface area contributed by atoms with Crippen LogP contribution in [0.2, 0.25) is 0 Å². The highest BCUT2D eigenvalue weighted by molar-refractivity contribution is 5.86. The SMILES string of the molecule is Cc1c(Cc2ccccc2)c(=O)oc2c3c(ccc12)OCN(c1ccc(C(C)C)cc1)C3. The Labute approximate surface area is 188 Å². The van der Waals surface area contributed by atoms with Crippen LogP contribution in [0.1, 0.15) is 47.6 Å². The van der Waals surface area contributed by atoms with Crippen LogP contribution in [0.3, 0.4) is 0 Å². The standard InChI is InChI=1S/C28H27NO3/c1-18(2)21-9-11-22(12-10-21)29-16-25-26(31-17-29)14-13-23-19(3)24(28(30)32-27(23)25)15-20-7-5-4-6-8-20/h4-14,18H,15-17H2,1-3H3. The molecule has 32 heavy (non-hydrogen) atoms. The van der Waals surface area contributed by atoms with E-state index in [0.29, 0.717) is 36.8 Å². The van der Waals surface area contributed by atoms with Gasteiger partial charge in [0.2, 0.25) is 0 Å². The van der Waals surface area contributed by atoms with Crippen LogP contribution in [-0.2, 0) is 13.0 Å². The molecule has 0 unspecified atom stereocenters. The van der Waals surface area contributed by atoms with Crippen molar-refractivity contribution >= 4 is 16.7 Å². The van der Waals surface area contributed by atoms with Crippen LogP contribution < -0.4 is 15.3 Å². The molecule has 0 radical (unpaired) electrons. The minimum atomic E-state index is -0.273. The van der Waals surface area contributed by atoms with E-state index in [2.05, 4.69) is 43.0 Å². The van der Waals surface area contributed by atoms with Crippen molar-refractivity contribution in [2.75, 3.05) is 11.6 Å². The summed E-state index contributed by atoms with van der Waals surface area (Å²) in [7, 11) is 0. The maximum Gasteiger partial charge on any atom is 0.340 e. The first-order valence-electron chi connectivity index (χ1n) is 11.1. The summed E-state index contributed by atoms with van der Waals surface area (Å²) in [6.45, 7) is 7.49. The lowest BCUT2D eigenvalue weighted by atomic mass is 9.97. The molecule has 0 bridgehead atoms. The van der Waals surface area contributed by atoms with Gasteiger partial charge in [-0.2, -0.15) is 0 Å². The Bertz CT molecular complexity index is 1320. The van der Waals surface area contributed by atoms with Crippen molar-refractivity contribution in [1.82, 2.24) is 0 Å². The van der Waals surface area contributed by atoms with Crippen molar-refractivity contribution in [1.29, 1.82) is 0 Å². The van der Waals surface area contributed by atoms with E-state index in [4.69, 9.17) is 9.15 Å². The molecule has 1 aliphatic rings. The van der Waals surface area contributed by atoms with E-state index in [1.807, 2.05) is 49.4 Å². The van der Waals surface area contributed by atoms with E-state index in [-0.39, 0.29) is 5.63 Å². The summed E-state index contributed by atoms with van der Waals surface area (Å²) >= 11 is 0. The van der Waals surface area contributed by atoms with E-state index in [9.17, 15) is 4.79 Å². The van der Waals surface area contributed by atoms with E-state index in [1.165, 1.54) is 5.56 Å². The van der Waals surface area contributed by atoms with Crippen LogP contribution in [0.25, 0.3) is 11.0 Å². The summed E-state index contributed by atoms with van der Waals surface area (Å²) in [6, 6.07) is 22.6. The Morgan fingerprint density at radius 2 is 1.72 bits per heavy atom. The van der Waals surface area contributed by atoms with Gasteiger partial charge in [0.1, 0.15) is 11.3 Å². The fraction of sp³-hybridized carbons (Fsp3) is 0.250. The first-order chi connectivity index (χ1) is 15.5. The first kappa shape index (κ1) is 20.4. The molecular weight excluding hydrogens is 398 g/mol. The van der Waals surface area contributed by atoms with Crippen molar-refractivity contribution < 1.29 is 9.15 Å². The van der Waals surface area contributed by atoms with Gasteiger partial charge in [0, 0.05) is 23.1 Å². The van der Waals surface area contributed by atoms with Gasteiger partial charge in [-0.15, -0.1) is 0 Å². The molecule has 0 spiro atoms. The Hall–Kier alpha value is -3.53. The molecule has 0 aliphatic carbocycles. The Morgan fingerprint density at radius 1 is 0.969 bits per heavy atom. The third-order valence-electron chi connectivity index (χ3n) is 6.39. The van der Waals surface area contributed by atoms with Gasteiger partial charge < -0.3 is 14.1 Å². The minimum absolute atomic E-state index is 0.273. The van der Waals surface area contributed by atoms with Crippen molar-refractivity contribution in [3.8, 4) is 5.75 Å². The second-order valence-corrected chi connectivity index (χ2v) is 8.79. The summed E-state index contributed by atoms with van der Waals surface area (Å²) in [5, 5.41) is 0.967. The number of anilines is 1. The maximum atomic E-state index is 13.0. The number of benzene rings is 3. The molecule has 1 aromatic heterocycles. The molecule has 4 aromatic rings. The quantitative estimate of drug-likeness (QED) is 0.367. The molecule has 0 fully saturated rings. The molecule has 5 rings (SSSR count). The van der Waals surface area contributed by atoms with Gasteiger partial charge in [-0.05, 0) is 53.8 Å². The molecule has 1 aliphatic heterocycles. The van der Waals surface area contributed by atoms with Crippen LogP contribution in [-0.4, -0.2) is 6.73 Å². The molecular formula is C28H27NO3. The molecule has 3 aromatic carbocycles. The first-order valence-corrected chi connectivity index (χ1v) is 11.1. The molecule has 0 N–H and O–H groups in total. The minimum Gasteiger partial charge on any atom is -0.473 e. The second-order valence-electron chi connectivity index (χ2n) is 8.79. The molecule has 0 saturated heterocycles. The summed E-state index contributed by atoms with van der Waals surface area (Å²) < 4.78 is 12.0. The van der Waals surface area contributed by atoms with Crippen molar-refractivity contribution in [2.24, 2.45) is 0 Å². The second kappa shape index (κ2) is 8.19. The monoisotopic (exact) mass is 425 g/mol. The zero-order valence-electron chi connectivity index (χ0n) is 18.7. The smallest absolute Gasteiger partial charge is 0.340 e. The zero-order chi connectivity index (χ0) is 22.2. The highest BCUT2D eigenvalue weighted by atomic mass is 16.5. The third kappa shape index (κ3) is 3.66. The Kier molecular flexibility index (Phi) is 5.22. The Balaban J connectivity index is 1.53. The predicted molar refractivity (Wildman–Crippen MR) is 129 cm³/mol. The number of fused-ring (bicyclic) bond motifs is 3. The van der Waals surface area contributed by atoms with Crippen LogP contribution in [0.5, 0.6) is 5.75 Å². The van der Waals surface area contributed by atoms with Gasteiger partial charge in [-0.1, -0.05) is 56.3 Å². The molecule has 0 saturated carbocycles. The largest absolute Gasteiger partial charge is 0.473 e. The highest BCUT2D eigenvalue weighted by Gasteiger charge is 2.23. The molecule has 0 atom stereocenters. The van der Waals surface area contributed by atoms with Gasteiger partial charge in [0.05, 0.1) is 12.1 Å². The normalized spacial score (nSPS) is 13.3. The van der Waals surface area contributed by atoms with E-state index in [0.717, 1.165) is 33.5 Å². The lowest BCUT2D eigenvalue weighted by Crippen LogP contribution is -2.32. The lowest BCUT2D eigenvalue weighted by molar-refractivity contribution is 0.289. The van der Waals surface area contributed by atoms with E-state index >= 15 is 0 Å². The van der Waals surface area contributed by atoms with Crippen LogP contribution in [0.15, 0.2) is 75.9 Å². The third-order valence-corrected chi connectivity index (χ3v) is 6.39. The van der Waals surface area contributed by atoms with Gasteiger partial charge >= 0.3 is 5.63 Å². The fourth-order valence-corrected chi connectivity index (χ4v) is 4.40. The van der Waals surface area contributed by atoms with Crippen LogP contribution in [0.4, 0.5) is 5.69 Å². The summed E-state index contributed by atoms with van der Waals surface area (Å²) in [5.41, 5.74) is 6.47.